The number of methoxy groups -OCH3 is 1. The Hall–Kier alpha value is -2.16. The highest BCUT2D eigenvalue weighted by Gasteiger charge is 2.26. The zero-order valence-electron chi connectivity index (χ0n) is 15.3. The quantitative estimate of drug-likeness (QED) is 0.769. The zero-order valence-corrected chi connectivity index (χ0v) is 16.1. The van der Waals surface area contributed by atoms with E-state index in [2.05, 4.69) is 10.0 Å². The number of carbonyl (C=O) groups is 1. The van der Waals surface area contributed by atoms with E-state index in [1.165, 1.54) is 12.1 Å². The van der Waals surface area contributed by atoms with Crippen molar-refractivity contribution in [3.05, 3.63) is 53.8 Å². The maximum absolute atomic E-state index is 12.2. The molecule has 2 aromatic rings. The van der Waals surface area contributed by atoms with Crippen LogP contribution < -0.4 is 10.0 Å². The second-order valence-corrected chi connectivity index (χ2v) is 8.43. The molecular formula is C18H24N2O5S. The molecular weight excluding hydrogens is 356 g/mol. The van der Waals surface area contributed by atoms with Gasteiger partial charge < -0.3 is 14.5 Å². The molecule has 1 aromatic carbocycles. The third kappa shape index (κ3) is 5.42. The van der Waals surface area contributed by atoms with E-state index in [1.807, 2.05) is 30.3 Å². The number of carbonyl (C=O) groups excluding carboxylic acids is 1. The lowest BCUT2D eigenvalue weighted by Crippen LogP contribution is -2.40. The predicted molar refractivity (Wildman–Crippen MR) is 97.3 cm³/mol. The summed E-state index contributed by atoms with van der Waals surface area (Å²) < 4.78 is 37.5. The number of ether oxygens (including phenoxy) is 1. The highest BCUT2D eigenvalue weighted by molar-refractivity contribution is 7.89. The van der Waals surface area contributed by atoms with Crippen molar-refractivity contribution in [2.75, 3.05) is 13.7 Å². The second-order valence-electron chi connectivity index (χ2n) is 6.82. The van der Waals surface area contributed by atoms with Crippen molar-refractivity contribution >= 4 is 15.9 Å². The summed E-state index contributed by atoms with van der Waals surface area (Å²) in [6.07, 6.45) is -0.319. The summed E-state index contributed by atoms with van der Waals surface area (Å²) in [5, 5.41) is 2.39. The first-order valence-electron chi connectivity index (χ1n) is 8.12. The summed E-state index contributed by atoms with van der Waals surface area (Å²) in [5.41, 5.74) is 0.266. The van der Waals surface area contributed by atoms with Crippen LogP contribution in [0.25, 0.3) is 0 Å². The van der Waals surface area contributed by atoms with Crippen LogP contribution in [0.3, 0.4) is 0 Å². The number of amides is 1. The van der Waals surface area contributed by atoms with Gasteiger partial charge in [-0.25, -0.2) is 13.1 Å². The highest BCUT2D eigenvalue weighted by atomic mass is 32.2. The van der Waals surface area contributed by atoms with E-state index in [0.29, 0.717) is 0 Å². The summed E-state index contributed by atoms with van der Waals surface area (Å²) >= 11 is 0. The lowest BCUT2D eigenvalue weighted by Gasteiger charge is -2.19. The zero-order chi connectivity index (χ0) is 19.4. The minimum atomic E-state index is -3.83. The second kappa shape index (κ2) is 8.03. The van der Waals surface area contributed by atoms with E-state index in [9.17, 15) is 13.2 Å². The number of rotatable bonds is 7. The molecule has 142 valence electrons. The van der Waals surface area contributed by atoms with Crippen LogP contribution in [0.5, 0.6) is 0 Å². The van der Waals surface area contributed by atoms with Crippen LogP contribution in [0.15, 0.2) is 52.0 Å². The SMILES string of the molecule is COC(CNC(=O)c1ccc(S(=O)(=O)NC(C)(C)C)o1)c1ccccc1. The number of hydrogen-bond acceptors (Lipinski definition) is 5. The van der Waals surface area contributed by atoms with Crippen molar-refractivity contribution < 1.29 is 22.4 Å². The van der Waals surface area contributed by atoms with Gasteiger partial charge in [-0.15, -0.1) is 0 Å². The molecule has 0 aliphatic heterocycles. The summed E-state index contributed by atoms with van der Waals surface area (Å²) in [4.78, 5) is 12.2. The van der Waals surface area contributed by atoms with Crippen LogP contribution in [-0.2, 0) is 14.8 Å². The Bertz CT molecular complexity index is 838. The molecule has 1 heterocycles. The summed E-state index contributed by atoms with van der Waals surface area (Å²) in [6, 6.07) is 12.0. The molecule has 0 spiro atoms. The molecule has 8 heteroatoms. The van der Waals surface area contributed by atoms with E-state index in [1.54, 1.807) is 27.9 Å². The molecule has 7 nitrogen and oxygen atoms in total. The first-order valence-corrected chi connectivity index (χ1v) is 9.60. The van der Waals surface area contributed by atoms with Gasteiger partial charge in [0.25, 0.3) is 15.9 Å². The lowest BCUT2D eigenvalue weighted by atomic mass is 10.1. The molecule has 1 atom stereocenters. The molecule has 0 bridgehead atoms. The third-order valence-electron chi connectivity index (χ3n) is 3.41. The lowest BCUT2D eigenvalue weighted by molar-refractivity contribution is 0.0803. The van der Waals surface area contributed by atoms with Gasteiger partial charge in [0.05, 0.1) is 6.10 Å². The molecule has 0 fully saturated rings. The van der Waals surface area contributed by atoms with Crippen LogP contribution in [-0.4, -0.2) is 33.5 Å². The molecule has 26 heavy (non-hydrogen) atoms. The molecule has 0 saturated heterocycles. The van der Waals surface area contributed by atoms with Crippen LogP contribution in [0.2, 0.25) is 0 Å². The predicted octanol–water partition coefficient (Wildman–Crippen LogP) is 2.47. The standard InChI is InChI=1S/C18H24N2O5S/c1-18(2,3)20-26(22,23)16-11-10-14(25-16)17(21)19-12-15(24-4)13-8-6-5-7-9-13/h5-11,15,20H,12H2,1-4H3,(H,19,21). The average molecular weight is 380 g/mol. The number of benzene rings is 1. The fourth-order valence-corrected chi connectivity index (χ4v) is 3.67. The third-order valence-corrected chi connectivity index (χ3v) is 5.04. The summed E-state index contributed by atoms with van der Waals surface area (Å²) in [6.45, 7) is 5.38. The van der Waals surface area contributed by atoms with Crippen LogP contribution in [0, 0.1) is 0 Å². The number of hydrogen-bond donors (Lipinski definition) is 2. The first kappa shape index (κ1) is 20.2. The molecule has 2 rings (SSSR count). The smallest absolute Gasteiger partial charge is 0.287 e. The minimum Gasteiger partial charge on any atom is -0.438 e. The van der Waals surface area contributed by atoms with Gasteiger partial charge in [-0.1, -0.05) is 30.3 Å². The Morgan fingerprint density at radius 3 is 2.38 bits per heavy atom. The number of nitrogens with one attached hydrogen (secondary N) is 2. The van der Waals surface area contributed by atoms with Crippen molar-refractivity contribution in [3.63, 3.8) is 0 Å². The van der Waals surface area contributed by atoms with Crippen molar-refractivity contribution in [2.45, 2.75) is 37.5 Å². The Morgan fingerprint density at radius 2 is 1.81 bits per heavy atom. The minimum absolute atomic E-state index is 0.0813. The van der Waals surface area contributed by atoms with Gasteiger partial charge in [0.2, 0.25) is 5.09 Å². The van der Waals surface area contributed by atoms with Gasteiger partial charge in [0.15, 0.2) is 5.76 Å². The fourth-order valence-electron chi connectivity index (χ4n) is 2.32. The van der Waals surface area contributed by atoms with Gasteiger partial charge in [-0.3, -0.25) is 4.79 Å². The molecule has 2 N–H and O–H groups in total. The van der Waals surface area contributed by atoms with E-state index >= 15 is 0 Å². The normalized spacial score (nSPS) is 13.4. The number of furan rings is 1. The van der Waals surface area contributed by atoms with Gasteiger partial charge in [-0.2, -0.15) is 0 Å². The van der Waals surface area contributed by atoms with Gasteiger partial charge in [-0.05, 0) is 38.5 Å². The van der Waals surface area contributed by atoms with E-state index < -0.39 is 21.5 Å². The number of sulfonamides is 1. The fraction of sp³-hybridized carbons (Fsp3) is 0.389. The largest absolute Gasteiger partial charge is 0.438 e. The molecule has 1 aromatic heterocycles. The van der Waals surface area contributed by atoms with Crippen LogP contribution >= 0.6 is 0 Å². The Morgan fingerprint density at radius 1 is 1.15 bits per heavy atom. The summed E-state index contributed by atoms with van der Waals surface area (Å²) in [7, 11) is -2.28. The molecule has 0 radical (unpaired) electrons. The molecule has 0 aliphatic rings. The average Bonchev–Trinajstić information content (AvgIpc) is 3.05. The Balaban J connectivity index is 2.04. The molecule has 1 unspecified atom stereocenters. The topological polar surface area (TPSA) is 97.6 Å². The van der Waals surface area contributed by atoms with E-state index in [0.717, 1.165) is 5.56 Å². The van der Waals surface area contributed by atoms with Gasteiger partial charge in [0.1, 0.15) is 0 Å². The maximum Gasteiger partial charge on any atom is 0.287 e. The molecule has 0 saturated carbocycles. The van der Waals surface area contributed by atoms with Crippen LogP contribution in [0.4, 0.5) is 0 Å². The first-order chi connectivity index (χ1) is 12.1. The Labute approximate surface area is 153 Å². The molecule has 0 aliphatic carbocycles. The van der Waals surface area contributed by atoms with Crippen molar-refractivity contribution in [1.29, 1.82) is 0 Å². The maximum atomic E-state index is 12.2. The highest BCUT2D eigenvalue weighted by Crippen LogP contribution is 2.18. The van der Waals surface area contributed by atoms with Gasteiger partial charge >= 0.3 is 0 Å². The van der Waals surface area contributed by atoms with E-state index in [4.69, 9.17) is 9.15 Å². The van der Waals surface area contributed by atoms with Crippen molar-refractivity contribution in [1.82, 2.24) is 10.0 Å². The molecule has 1 amide bonds. The van der Waals surface area contributed by atoms with Crippen molar-refractivity contribution in [2.24, 2.45) is 0 Å². The van der Waals surface area contributed by atoms with Crippen molar-refractivity contribution in [3.8, 4) is 0 Å². The van der Waals surface area contributed by atoms with Crippen LogP contribution in [0.1, 0.15) is 43.0 Å². The Kier molecular flexibility index (Phi) is 6.22. The summed E-state index contributed by atoms with van der Waals surface area (Å²) in [5.74, 6) is -0.595. The van der Waals surface area contributed by atoms with Gasteiger partial charge in [0, 0.05) is 19.2 Å². The van der Waals surface area contributed by atoms with E-state index in [-0.39, 0.29) is 23.5 Å². The monoisotopic (exact) mass is 380 g/mol.